The van der Waals surface area contributed by atoms with Gasteiger partial charge in [0, 0.05) is 15.0 Å². The van der Waals surface area contributed by atoms with Gasteiger partial charge < -0.3 is 5.32 Å². The van der Waals surface area contributed by atoms with Gasteiger partial charge in [-0.1, -0.05) is 0 Å². The first-order valence-electron chi connectivity index (χ1n) is 5.76. The van der Waals surface area contributed by atoms with Crippen molar-refractivity contribution in [3.8, 4) is 0 Å². The number of thiazole rings is 1. The third-order valence-electron chi connectivity index (χ3n) is 2.71. The summed E-state index contributed by atoms with van der Waals surface area (Å²) in [4.78, 5) is 5.60. The molecule has 0 spiro atoms. The van der Waals surface area contributed by atoms with Gasteiger partial charge in [0.05, 0.1) is 22.1 Å². The second-order valence-electron chi connectivity index (χ2n) is 4.28. The molecule has 0 fully saturated rings. The molecule has 0 aliphatic rings. The Labute approximate surface area is 130 Å². The van der Waals surface area contributed by atoms with Crippen LogP contribution in [0.25, 0.3) is 0 Å². The van der Waals surface area contributed by atoms with E-state index in [1.165, 1.54) is 12.1 Å². The van der Waals surface area contributed by atoms with E-state index in [4.69, 9.17) is 5.14 Å². The minimum Gasteiger partial charge on any atom is -0.379 e. The van der Waals surface area contributed by atoms with Crippen LogP contribution in [0.1, 0.15) is 15.6 Å². The summed E-state index contributed by atoms with van der Waals surface area (Å²) in [5.41, 5.74) is 1.82. The minimum absolute atomic E-state index is 0.0831. The lowest BCUT2D eigenvalue weighted by molar-refractivity contribution is 0.598. The van der Waals surface area contributed by atoms with Crippen molar-refractivity contribution in [2.45, 2.75) is 25.3 Å². The van der Waals surface area contributed by atoms with Gasteiger partial charge in [0.15, 0.2) is 0 Å². The number of aryl methyl sites for hydroxylation is 2. The van der Waals surface area contributed by atoms with Crippen molar-refractivity contribution in [1.82, 2.24) is 4.98 Å². The fourth-order valence-electron chi connectivity index (χ4n) is 1.73. The molecule has 0 atom stereocenters. The zero-order valence-electron chi connectivity index (χ0n) is 11.0. The Morgan fingerprint density at radius 2 is 2.10 bits per heavy atom. The number of nitrogens with one attached hydrogen (secondary N) is 1. The molecule has 0 unspecified atom stereocenters. The van der Waals surface area contributed by atoms with Crippen LogP contribution in [0.5, 0.6) is 0 Å². The number of halogens is 1. The lowest BCUT2D eigenvalue weighted by atomic mass is 10.3. The highest BCUT2D eigenvalue weighted by Crippen LogP contribution is 2.27. The van der Waals surface area contributed by atoms with Crippen molar-refractivity contribution in [1.29, 1.82) is 0 Å². The van der Waals surface area contributed by atoms with Gasteiger partial charge in [-0.25, -0.2) is 18.5 Å². The summed E-state index contributed by atoms with van der Waals surface area (Å²) in [6.07, 6.45) is 0. The predicted octanol–water partition coefficient (Wildman–Crippen LogP) is 2.78. The number of nitrogens with two attached hydrogens (primary N) is 1. The molecule has 0 saturated carbocycles. The van der Waals surface area contributed by atoms with Gasteiger partial charge in [-0.2, -0.15) is 0 Å². The summed E-state index contributed by atoms with van der Waals surface area (Å²) in [6.45, 7) is 4.59. The third-order valence-corrected chi connectivity index (χ3v) is 5.35. The molecule has 20 heavy (non-hydrogen) atoms. The molecule has 1 heterocycles. The smallest absolute Gasteiger partial charge is 0.238 e. The van der Waals surface area contributed by atoms with Crippen LogP contribution in [0.4, 0.5) is 5.69 Å². The quantitative estimate of drug-likeness (QED) is 0.859. The first kappa shape index (κ1) is 15.4. The summed E-state index contributed by atoms with van der Waals surface area (Å²) in [7, 11) is -3.68. The van der Waals surface area contributed by atoms with Gasteiger partial charge in [-0.05, 0) is 48.0 Å². The molecule has 0 aliphatic heterocycles. The van der Waals surface area contributed by atoms with Crippen LogP contribution in [0.2, 0.25) is 0 Å². The average Bonchev–Trinajstić information content (AvgIpc) is 2.65. The Morgan fingerprint density at radius 1 is 1.40 bits per heavy atom. The van der Waals surface area contributed by atoms with E-state index in [2.05, 4.69) is 26.2 Å². The second kappa shape index (κ2) is 5.80. The summed E-state index contributed by atoms with van der Waals surface area (Å²) < 4.78 is 23.2. The molecule has 2 aromatic rings. The van der Waals surface area contributed by atoms with Gasteiger partial charge in [0.2, 0.25) is 10.0 Å². The summed E-state index contributed by atoms with van der Waals surface area (Å²) >= 11 is 4.98. The number of sulfonamides is 1. The number of hydrogen-bond donors (Lipinski definition) is 2. The molecule has 0 amide bonds. The molecule has 1 aromatic carbocycles. The Kier molecular flexibility index (Phi) is 4.48. The van der Waals surface area contributed by atoms with Crippen LogP contribution in [0, 0.1) is 13.8 Å². The second-order valence-corrected chi connectivity index (χ2v) is 7.99. The summed E-state index contributed by atoms with van der Waals surface area (Å²) in [5.74, 6) is 0. The first-order valence-corrected chi connectivity index (χ1v) is 8.92. The van der Waals surface area contributed by atoms with E-state index in [-0.39, 0.29) is 4.90 Å². The first-order chi connectivity index (χ1) is 9.27. The van der Waals surface area contributed by atoms with Gasteiger partial charge in [-0.15, -0.1) is 11.3 Å². The number of aromatic nitrogens is 1. The van der Waals surface area contributed by atoms with Crippen molar-refractivity contribution in [3.05, 3.63) is 38.3 Å². The van der Waals surface area contributed by atoms with Gasteiger partial charge in [-0.3, -0.25) is 0 Å². The van der Waals surface area contributed by atoms with Gasteiger partial charge >= 0.3 is 0 Å². The van der Waals surface area contributed by atoms with Crippen molar-refractivity contribution in [2.75, 3.05) is 5.32 Å². The van der Waals surface area contributed by atoms with Crippen LogP contribution in [0.15, 0.2) is 27.6 Å². The van der Waals surface area contributed by atoms with Crippen molar-refractivity contribution in [3.63, 3.8) is 0 Å². The lowest BCUT2D eigenvalue weighted by Gasteiger charge is -2.09. The number of nitrogens with zero attached hydrogens (tertiary/aromatic N) is 1. The fraction of sp³-hybridized carbons (Fsp3) is 0.250. The number of rotatable bonds is 4. The maximum Gasteiger partial charge on any atom is 0.238 e. The minimum atomic E-state index is -3.68. The van der Waals surface area contributed by atoms with E-state index in [0.717, 1.165) is 21.3 Å². The molecule has 5 nitrogen and oxygen atoms in total. The highest BCUT2D eigenvalue weighted by atomic mass is 79.9. The van der Waals surface area contributed by atoms with E-state index in [1.807, 2.05) is 13.8 Å². The molecule has 0 saturated heterocycles. The standard InChI is InChI=1S/C12H14BrN3O2S2/c1-7-12(19-8(2)16-7)6-15-11-4-3-9(5-10(11)13)20(14,17)18/h3-5,15H,6H2,1-2H3,(H2,14,17,18). The molecular weight excluding hydrogens is 362 g/mol. The Balaban J connectivity index is 2.17. The average molecular weight is 376 g/mol. The Bertz CT molecular complexity index is 741. The molecule has 0 radical (unpaired) electrons. The zero-order valence-corrected chi connectivity index (χ0v) is 14.2. The topological polar surface area (TPSA) is 85.1 Å². The number of benzene rings is 1. The maximum atomic E-state index is 11.3. The molecule has 0 aliphatic carbocycles. The molecule has 0 bridgehead atoms. The van der Waals surface area contributed by atoms with Gasteiger partial charge in [0.25, 0.3) is 0 Å². The van der Waals surface area contributed by atoms with E-state index in [1.54, 1.807) is 17.4 Å². The van der Waals surface area contributed by atoms with E-state index < -0.39 is 10.0 Å². The lowest BCUT2D eigenvalue weighted by Crippen LogP contribution is -2.12. The van der Waals surface area contributed by atoms with Crippen LogP contribution < -0.4 is 10.5 Å². The Hall–Kier alpha value is -0.960. The van der Waals surface area contributed by atoms with Crippen molar-refractivity contribution < 1.29 is 8.42 Å². The highest BCUT2D eigenvalue weighted by molar-refractivity contribution is 9.10. The predicted molar refractivity (Wildman–Crippen MR) is 84.4 cm³/mol. The van der Waals surface area contributed by atoms with Crippen LogP contribution >= 0.6 is 27.3 Å². The normalized spacial score (nSPS) is 11.6. The summed E-state index contributed by atoms with van der Waals surface area (Å²) in [5, 5.41) is 9.37. The van der Waals surface area contributed by atoms with E-state index >= 15 is 0 Å². The third kappa shape index (κ3) is 3.57. The SMILES string of the molecule is Cc1nc(C)c(CNc2ccc(S(N)(=O)=O)cc2Br)s1. The maximum absolute atomic E-state index is 11.3. The number of hydrogen-bond acceptors (Lipinski definition) is 5. The van der Waals surface area contributed by atoms with Crippen LogP contribution in [-0.2, 0) is 16.6 Å². The number of primary sulfonamides is 1. The largest absolute Gasteiger partial charge is 0.379 e. The monoisotopic (exact) mass is 375 g/mol. The van der Waals surface area contributed by atoms with Crippen LogP contribution in [-0.4, -0.2) is 13.4 Å². The van der Waals surface area contributed by atoms with Crippen molar-refractivity contribution in [2.24, 2.45) is 5.14 Å². The molecule has 108 valence electrons. The van der Waals surface area contributed by atoms with Crippen LogP contribution in [0.3, 0.4) is 0 Å². The van der Waals surface area contributed by atoms with Crippen molar-refractivity contribution >= 4 is 43.0 Å². The number of anilines is 1. The molecular formula is C12H14BrN3O2S2. The summed E-state index contributed by atoms with van der Waals surface area (Å²) in [6, 6.07) is 4.66. The van der Waals surface area contributed by atoms with Gasteiger partial charge in [0.1, 0.15) is 0 Å². The molecule has 2 rings (SSSR count). The molecule has 3 N–H and O–H groups in total. The Morgan fingerprint density at radius 3 is 2.60 bits per heavy atom. The molecule has 1 aromatic heterocycles. The molecule has 8 heteroatoms. The zero-order chi connectivity index (χ0) is 14.9. The fourth-order valence-corrected chi connectivity index (χ4v) is 3.82. The van der Waals surface area contributed by atoms with E-state index in [9.17, 15) is 8.42 Å². The highest BCUT2D eigenvalue weighted by Gasteiger charge is 2.11. The van der Waals surface area contributed by atoms with E-state index in [0.29, 0.717) is 11.0 Å².